The molecule has 0 aromatic heterocycles. The Kier molecular flexibility index (Phi) is 4.26. The van der Waals surface area contributed by atoms with E-state index in [1.54, 1.807) is 0 Å². The standard InChI is InChI=1S/C14H18BrN3/c1-10-3-4-13(7-14(10)15)18-9-12(5-6-16)17-8-11(18)2/h3-4,7,11-12,17H,5,8-9H2,1-2H3. The monoisotopic (exact) mass is 307 g/mol. The average molecular weight is 308 g/mol. The highest BCUT2D eigenvalue weighted by molar-refractivity contribution is 9.10. The van der Waals surface area contributed by atoms with Gasteiger partial charge in [-0.25, -0.2) is 0 Å². The summed E-state index contributed by atoms with van der Waals surface area (Å²) in [5.41, 5.74) is 2.47. The zero-order valence-electron chi connectivity index (χ0n) is 10.8. The second kappa shape index (κ2) is 5.73. The molecule has 2 atom stereocenters. The molecule has 1 heterocycles. The maximum absolute atomic E-state index is 8.81. The van der Waals surface area contributed by atoms with Gasteiger partial charge in [-0.2, -0.15) is 5.26 Å². The Morgan fingerprint density at radius 1 is 1.56 bits per heavy atom. The predicted octanol–water partition coefficient (Wildman–Crippen LogP) is 2.84. The van der Waals surface area contributed by atoms with Gasteiger partial charge in [-0.3, -0.25) is 0 Å². The number of nitrogens with one attached hydrogen (secondary N) is 1. The maximum atomic E-state index is 8.81. The molecule has 1 aliphatic heterocycles. The number of rotatable bonds is 2. The summed E-state index contributed by atoms with van der Waals surface area (Å²) in [6, 6.07) is 9.43. The van der Waals surface area contributed by atoms with Crippen LogP contribution in [0.1, 0.15) is 18.9 Å². The van der Waals surface area contributed by atoms with Crippen molar-refractivity contribution in [3.05, 3.63) is 28.2 Å². The van der Waals surface area contributed by atoms with Gasteiger partial charge in [0.05, 0.1) is 12.5 Å². The van der Waals surface area contributed by atoms with Gasteiger partial charge in [0, 0.05) is 35.3 Å². The van der Waals surface area contributed by atoms with Crippen LogP contribution in [-0.2, 0) is 0 Å². The second-order valence-electron chi connectivity index (χ2n) is 4.90. The molecule has 18 heavy (non-hydrogen) atoms. The smallest absolute Gasteiger partial charge is 0.0638 e. The molecule has 1 aliphatic rings. The van der Waals surface area contributed by atoms with Gasteiger partial charge >= 0.3 is 0 Å². The first kappa shape index (κ1) is 13.4. The molecular weight excluding hydrogens is 290 g/mol. The largest absolute Gasteiger partial charge is 0.366 e. The molecule has 0 radical (unpaired) electrons. The number of hydrogen-bond acceptors (Lipinski definition) is 3. The zero-order chi connectivity index (χ0) is 13.1. The van der Waals surface area contributed by atoms with E-state index in [1.165, 1.54) is 11.3 Å². The molecule has 0 spiro atoms. The minimum atomic E-state index is 0.270. The van der Waals surface area contributed by atoms with E-state index in [-0.39, 0.29) is 6.04 Å². The van der Waals surface area contributed by atoms with Crippen LogP contribution in [0.15, 0.2) is 22.7 Å². The van der Waals surface area contributed by atoms with E-state index in [0.29, 0.717) is 12.5 Å². The highest BCUT2D eigenvalue weighted by Crippen LogP contribution is 2.26. The summed E-state index contributed by atoms with van der Waals surface area (Å²) in [7, 11) is 0. The molecule has 1 aromatic carbocycles. The number of nitrogens with zero attached hydrogens (tertiary/aromatic N) is 2. The fraction of sp³-hybridized carbons (Fsp3) is 0.500. The topological polar surface area (TPSA) is 39.1 Å². The Morgan fingerprint density at radius 3 is 3.00 bits per heavy atom. The summed E-state index contributed by atoms with van der Waals surface area (Å²) in [5.74, 6) is 0. The fourth-order valence-electron chi connectivity index (χ4n) is 2.30. The molecule has 1 aromatic rings. The van der Waals surface area contributed by atoms with Crippen molar-refractivity contribution in [3.63, 3.8) is 0 Å². The van der Waals surface area contributed by atoms with Gasteiger partial charge in [0.25, 0.3) is 0 Å². The van der Waals surface area contributed by atoms with E-state index in [0.717, 1.165) is 17.6 Å². The van der Waals surface area contributed by atoms with Crippen molar-refractivity contribution in [2.24, 2.45) is 0 Å². The molecule has 0 aliphatic carbocycles. The highest BCUT2D eigenvalue weighted by Gasteiger charge is 2.25. The van der Waals surface area contributed by atoms with Crippen molar-refractivity contribution in [2.45, 2.75) is 32.4 Å². The first-order valence-electron chi connectivity index (χ1n) is 6.25. The third-order valence-electron chi connectivity index (χ3n) is 3.48. The number of halogens is 1. The zero-order valence-corrected chi connectivity index (χ0v) is 12.4. The normalized spacial score (nSPS) is 23.8. The summed E-state index contributed by atoms with van der Waals surface area (Å²) in [6.45, 7) is 6.12. The van der Waals surface area contributed by atoms with Gasteiger partial charge in [0.15, 0.2) is 0 Å². The molecule has 96 valence electrons. The van der Waals surface area contributed by atoms with Gasteiger partial charge in [-0.15, -0.1) is 0 Å². The van der Waals surface area contributed by atoms with Crippen molar-refractivity contribution < 1.29 is 0 Å². The van der Waals surface area contributed by atoms with Crippen molar-refractivity contribution >= 4 is 21.6 Å². The van der Waals surface area contributed by atoms with E-state index in [1.807, 2.05) is 0 Å². The number of hydrogen-bond donors (Lipinski definition) is 1. The van der Waals surface area contributed by atoms with E-state index >= 15 is 0 Å². The molecular formula is C14H18BrN3. The van der Waals surface area contributed by atoms with Crippen molar-refractivity contribution in [1.82, 2.24) is 5.32 Å². The molecule has 3 nitrogen and oxygen atoms in total. The lowest BCUT2D eigenvalue weighted by atomic mass is 10.1. The Balaban J connectivity index is 2.19. The van der Waals surface area contributed by atoms with Crippen molar-refractivity contribution in [3.8, 4) is 6.07 Å². The van der Waals surface area contributed by atoms with Gasteiger partial charge in [0.1, 0.15) is 0 Å². The van der Waals surface area contributed by atoms with Crippen LogP contribution in [0.3, 0.4) is 0 Å². The van der Waals surface area contributed by atoms with E-state index in [4.69, 9.17) is 5.26 Å². The Bertz CT molecular complexity index is 467. The Labute approximate surface area is 117 Å². The number of aryl methyl sites for hydroxylation is 1. The third-order valence-corrected chi connectivity index (χ3v) is 4.33. The van der Waals surface area contributed by atoms with E-state index in [9.17, 15) is 0 Å². The van der Waals surface area contributed by atoms with Crippen LogP contribution < -0.4 is 10.2 Å². The van der Waals surface area contributed by atoms with Crippen LogP contribution in [-0.4, -0.2) is 25.2 Å². The van der Waals surface area contributed by atoms with E-state index in [2.05, 4.69) is 64.3 Å². The third kappa shape index (κ3) is 2.85. The SMILES string of the molecule is Cc1ccc(N2CC(CC#N)NCC2C)cc1Br. The minimum absolute atomic E-state index is 0.270. The molecule has 1 fully saturated rings. The Morgan fingerprint density at radius 2 is 2.33 bits per heavy atom. The quantitative estimate of drug-likeness (QED) is 0.913. The summed E-state index contributed by atoms with van der Waals surface area (Å²) in [6.07, 6.45) is 0.566. The summed E-state index contributed by atoms with van der Waals surface area (Å²) in [4.78, 5) is 2.38. The highest BCUT2D eigenvalue weighted by atomic mass is 79.9. The van der Waals surface area contributed by atoms with Crippen LogP contribution in [0, 0.1) is 18.3 Å². The molecule has 4 heteroatoms. The van der Waals surface area contributed by atoms with Crippen molar-refractivity contribution in [2.75, 3.05) is 18.0 Å². The fourth-order valence-corrected chi connectivity index (χ4v) is 2.66. The molecule has 0 bridgehead atoms. The van der Waals surface area contributed by atoms with Crippen LogP contribution in [0.5, 0.6) is 0 Å². The molecule has 1 N–H and O–H groups in total. The molecule has 0 amide bonds. The molecule has 2 unspecified atom stereocenters. The maximum Gasteiger partial charge on any atom is 0.0638 e. The lowest BCUT2D eigenvalue weighted by molar-refractivity contribution is 0.409. The summed E-state index contributed by atoms with van der Waals surface area (Å²) in [5, 5.41) is 12.2. The summed E-state index contributed by atoms with van der Waals surface area (Å²) < 4.78 is 1.14. The number of piperazine rings is 1. The number of anilines is 1. The lowest BCUT2D eigenvalue weighted by Gasteiger charge is -2.40. The van der Waals surface area contributed by atoms with E-state index < -0.39 is 0 Å². The average Bonchev–Trinajstić information content (AvgIpc) is 2.35. The molecule has 1 saturated heterocycles. The van der Waals surface area contributed by atoms with Gasteiger partial charge < -0.3 is 10.2 Å². The Hall–Kier alpha value is -1.05. The minimum Gasteiger partial charge on any atom is -0.366 e. The van der Waals surface area contributed by atoms with Crippen molar-refractivity contribution in [1.29, 1.82) is 5.26 Å². The number of benzene rings is 1. The lowest BCUT2D eigenvalue weighted by Crippen LogP contribution is -2.55. The van der Waals surface area contributed by atoms with Gasteiger partial charge in [-0.05, 0) is 31.5 Å². The van der Waals surface area contributed by atoms with Crippen LogP contribution >= 0.6 is 15.9 Å². The predicted molar refractivity (Wildman–Crippen MR) is 77.7 cm³/mol. The number of nitriles is 1. The van der Waals surface area contributed by atoms with Gasteiger partial charge in [0.2, 0.25) is 0 Å². The first-order valence-corrected chi connectivity index (χ1v) is 7.04. The van der Waals surface area contributed by atoms with Crippen LogP contribution in [0.25, 0.3) is 0 Å². The van der Waals surface area contributed by atoms with Gasteiger partial charge in [-0.1, -0.05) is 22.0 Å². The van der Waals surface area contributed by atoms with Crippen LogP contribution in [0.4, 0.5) is 5.69 Å². The molecule has 2 rings (SSSR count). The second-order valence-corrected chi connectivity index (χ2v) is 5.76. The molecule has 0 saturated carbocycles. The summed E-state index contributed by atoms with van der Waals surface area (Å²) >= 11 is 3.58. The van der Waals surface area contributed by atoms with Crippen LogP contribution in [0.2, 0.25) is 0 Å². The first-order chi connectivity index (χ1) is 8.61.